The molecular formula is C12H19N3O. The maximum Gasteiger partial charge on any atom is 0.0931 e. The Hall–Kier alpha value is -1.42. The number of nitrogens with one attached hydrogen (secondary N) is 1. The first kappa shape index (κ1) is 12.6. The van der Waals surface area contributed by atoms with Crippen LogP contribution in [0.15, 0.2) is 24.5 Å². The highest BCUT2D eigenvalue weighted by molar-refractivity contribution is 5.77. The summed E-state index contributed by atoms with van der Waals surface area (Å²) in [5, 5.41) is 7.13. The van der Waals surface area contributed by atoms with Crippen LogP contribution in [0, 0.1) is 5.41 Å². The summed E-state index contributed by atoms with van der Waals surface area (Å²) >= 11 is 0. The summed E-state index contributed by atoms with van der Waals surface area (Å²) in [6, 6.07) is 4.03. The molecule has 0 saturated heterocycles. The smallest absolute Gasteiger partial charge is 0.0931 e. The molecule has 0 spiro atoms. The first-order chi connectivity index (χ1) is 7.68. The van der Waals surface area contributed by atoms with Gasteiger partial charge in [-0.15, -0.1) is 0 Å². The average molecular weight is 221 g/mol. The van der Waals surface area contributed by atoms with Crippen molar-refractivity contribution >= 4 is 5.84 Å². The Kier molecular flexibility index (Phi) is 5.50. The number of hydrogen-bond donors (Lipinski definition) is 2. The van der Waals surface area contributed by atoms with Gasteiger partial charge in [0, 0.05) is 25.4 Å². The second kappa shape index (κ2) is 6.95. The minimum Gasteiger partial charge on any atom is -0.388 e. The van der Waals surface area contributed by atoms with E-state index in [0.717, 1.165) is 12.8 Å². The summed E-state index contributed by atoms with van der Waals surface area (Å²) < 4.78 is 5.54. The summed E-state index contributed by atoms with van der Waals surface area (Å²) in [4.78, 5) is 3.97. The van der Waals surface area contributed by atoms with Gasteiger partial charge in [-0.25, -0.2) is 0 Å². The van der Waals surface area contributed by atoms with Crippen molar-refractivity contribution < 1.29 is 4.74 Å². The Morgan fingerprint density at radius 3 is 2.81 bits per heavy atom. The highest BCUT2D eigenvalue weighted by Gasteiger charge is 2.03. The number of rotatable bonds is 7. The number of nitrogens with two attached hydrogens (primary N) is 1. The molecule has 1 atom stereocenters. The van der Waals surface area contributed by atoms with Gasteiger partial charge in [0.15, 0.2) is 0 Å². The number of aryl methyl sites for hydroxylation is 1. The highest BCUT2D eigenvalue weighted by atomic mass is 16.5. The Morgan fingerprint density at radius 2 is 2.19 bits per heavy atom. The van der Waals surface area contributed by atoms with Crippen LogP contribution in [0.5, 0.6) is 0 Å². The Labute approximate surface area is 96.3 Å². The zero-order valence-corrected chi connectivity index (χ0v) is 9.65. The minimum atomic E-state index is 0.0370. The van der Waals surface area contributed by atoms with E-state index in [1.54, 1.807) is 12.4 Å². The van der Waals surface area contributed by atoms with Crippen LogP contribution in [0.25, 0.3) is 0 Å². The van der Waals surface area contributed by atoms with Crippen LogP contribution in [0.2, 0.25) is 0 Å². The molecule has 0 radical (unpaired) electrons. The SMILES string of the molecule is CC(CC(=N)N)OCCCc1ccncc1. The van der Waals surface area contributed by atoms with Crippen molar-refractivity contribution in [1.29, 1.82) is 5.41 Å². The van der Waals surface area contributed by atoms with Crippen molar-refractivity contribution in [3.63, 3.8) is 0 Å². The Bertz CT molecular complexity index is 313. The van der Waals surface area contributed by atoms with Crippen LogP contribution in [0.3, 0.4) is 0 Å². The van der Waals surface area contributed by atoms with Crippen LogP contribution in [-0.2, 0) is 11.2 Å². The first-order valence-electron chi connectivity index (χ1n) is 5.52. The number of ether oxygens (including phenoxy) is 1. The van der Waals surface area contributed by atoms with Gasteiger partial charge in [-0.3, -0.25) is 10.4 Å². The maximum absolute atomic E-state index is 7.13. The van der Waals surface area contributed by atoms with Crippen molar-refractivity contribution in [3.8, 4) is 0 Å². The van der Waals surface area contributed by atoms with E-state index in [-0.39, 0.29) is 11.9 Å². The van der Waals surface area contributed by atoms with Gasteiger partial charge in [-0.05, 0) is 37.5 Å². The third-order valence-electron chi connectivity index (χ3n) is 2.27. The second-order valence-corrected chi connectivity index (χ2v) is 3.87. The predicted octanol–water partition coefficient (Wildman–Crippen LogP) is 1.75. The lowest BCUT2D eigenvalue weighted by atomic mass is 10.1. The van der Waals surface area contributed by atoms with Gasteiger partial charge in [-0.1, -0.05) is 0 Å². The highest BCUT2D eigenvalue weighted by Crippen LogP contribution is 2.03. The number of nitrogens with zero attached hydrogens (tertiary/aromatic N) is 1. The molecule has 1 unspecified atom stereocenters. The van der Waals surface area contributed by atoms with Crippen molar-refractivity contribution in [2.24, 2.45) is 5.73 Å². The fourth-order valence-corrected chi connectivity index (χ4v) is 1.48. The summed E-state index contributed by atoms with van der Waals surface area (Å²) in [6.07, 6.45) is 6.12. The van der Waals surface area contributed by atoms with Crippen molar-refractivity contribution in [3.05, 3.63) is 30.1 Å². The monoisotopic (exact) mass is 221 g/mol. The number of aromatic nitrogens is 1. The van der Waals surface area contributed by atoms with Gasteiger partial charge in [0.1, 0.15) is 0 Å². The Morgan fingerprint density at radius 1 is 1.50 bits per heavy atom. The van der Waals surface area contributed by atoms with Gasteiger partial charge in [-0.2, -0.15) is 0 Å². The van der Waals surface area contributed by atoms with E-state index in [1.807, 2.05) is 19.1 Å². The van der Waals surface area contributed by atoms with E-state index in [1.165, 1.54) is 5.56 Å². The predicted molar refractivity (Wildman–Crippen MR) is 64.5 cm³/mol. The quantitative estimate of drug-likeness (QED) is 0.418. The average Bonchev–Trinajstić information content (AvgIpc) is 2.25. The van der Waals surface area contributed by atoms with E-state index >= 15 is 0 Å². The summed E-state index contributed by atoms with van der Waals surface area (Å²) in [6.45, 7) is 2.64. The van der Waals surface area contributed by atoms with Gasteiger partial charge >= 0.3 is 0 Å². The zero-order valence-electron chi connectivity index (χ0n) is 9.65. The van der Waals surface area contributed by atoms with Crippen molar-refractivity contribution in [2.45, 2.75) is 32.3 Å². The topological polar surface area (TPSA) is 72.0 Å². The van der Waals surface area contributed by atoms with Gasteiger partial charge in [0.05, 0.1) is 11.9 Å². The molecule has 0 aromatic carbocycles. The standard InChI is InChI=1S/C12H19N3O/c1-10(9-12(13)14)16-8-2-3-11-4-6-15-7-5-11/h4-7,10H,2-3,8-9H2,1H3,(H3,13,14). The molecule has 16 heavy (non-hydrogen) atoms. The molecule has 3 N–H and O–H groups in total. The van der Waals surface area contributed by atoms with E-state index < -0.39 is 0 Å². The molecule has 1 aromatic rings. The molecule has 1 rings (SSSR count). The van der Waals surface area contributed by atoms with Crippen LogP contribution in [0.1, 0.15) is 25.3 Å². The summed E-state index contributed by atoms with van der Waals surface area (Å²) in [5.74, 6) is 0.182. The summed E-state index contributed by atoms with van der Waals surface area (Å²) in [5.41, 5.74) is 6.56. The molecule has 4 heteroatoms. The molecule has 0 aliphatic carbocycles. The fourth-order valence-electron chi connectivity index (χ4n) is 1.48. The zero-order chi connectivity index (χ0) is 11.8. The molecule has 0 aliphatic heterocycles. The molecule has 4 nitrogen and oxygen atoms in total. The fraction of sp³-hybridized carbons (Fsp3) is 0.500. The van der Waals surface area contributed by atoms with Gasteiger partial charge in [0.2, 0.25) is 0 Å². The summed E-state index contributed by atoms with van der Waals surface area (Å²) in [7, 11) is 0. The van der Waals surface area contributed by atoms with E-state index in [0.29, 0.717) is 13.0 Å². The van der Waals surface area contributed by atoms with Crippen LogP contribution >= 0.6 is 0 Å². The first-order valence-corrected chi connectivity index (χ1v) is 5.52. The van der Waals surface area contributed by atoms with Crippen LogP contribution < -0.4 is 5.73 Å². The van der Waals surface area contributed by atoms with E-state index in [4.69, 9.17) is 15.9 Å². The molecule has 88 valence electrons. The van der Waals surface area contributed by atoms with Gasteiger partial charge in [0.25, 0.3) is 0 Å². The molecular weight excluding hydrogens is 202 g/mol. The van der Waals surface area contributed by atoms with E-state index in [2.05, 4.69) is 4.98 Å². The molecule has 0 amide bonds. The Balaban J connectivity index is 2.10. The minimum absolute atomic E-state index is 0.0370. The molecule has 0 aliphatic rings. The second-order valence-electron chi connectivity index (χ2n) is 3.87. The lowest BCUT2D eigenvalue weighted by Crippen LogP contribution is -2.20. The van der Waals surface area contributed by atoms with Crippen LogP contribution in [0.4, 0.5) is 0 Å². The largest absolute Gasteiger partial charge is 0.388 e. The van der Waals surface area contributed by atoms with Crippen molar-refractivity contribution in [2.75, 3.05) is 6.61 Å². The third kappa shape index (κ3) is 5.46. The third-order valence-corrected chi connectivity index (χ3v) is 2.27. The maximum atomic E-state index is 7.13. The van der Waals surface area contributed by atoms with E-state index in [9.17, 15) is 0 Å². The molecule has 0 saturated carbocycles. The number of pyridine rings is 1. The molecule has 0 bridgehead atoms. The number of hydrogen-bond acceptors (Lipinski definition) is 3. The lowest BCUT2D eigenvalue weighted by molar-refractivity contribution is 0.0692. The van der Waals surface area contributed by atoms with Crippen molar-refractivity contribution in [1.82, 2.24) is 4.98 Å². The lowest BCUT2D eigenvalue weighted by Gasteiger charge is -2.11. The molecule has 1 aromatic heterocycles. The molecule has 0 fully saturated rings. The van der Waals surface area contributed by atoms with Crippen LogP contribution in [-0.4, -0.2) is 23.5 Å². The normalized spacial score (nSPS) is 12.3. The molecule has 1 heterocycles. The van der Waals surface area contributed by atoms with Gasteiger partial charge < -0.3 is 10.5 Å². The number of amidine groups is 1.